The lowest BCUT2D eigenvalue weighted by Crippen LogP contribution is -2.00. The lowest BCUT2D eigenvalue weighted by atomic mass is 10.3. The van der Waals surface area contributed by atoms with Gasteiger partial charge in [0.1, 0.15) is 0 Å². The standard InChI is InChI=1S/C16H15N3O/c1-12-11-16(20-15-10-6-5-9-14(15)17)19(18-12)13-7-3-2-4-8-13/h2-11H,17H2,1H3. The van der Waals surface area contributed by atoms with Gasteiger partial charge in [-0.25, -0.2) is 4.68 Å². The Hall–Kier alpha value is -2.75. The van der Waals surface area contributed by atoms with Crippen molar-refractivity contribution in [1.82, 2.24) is 9.78 Å². The molecule has 0 spiro atoms. The number of nitrogen functional groups attached to an aromatic ring is 1. The summed E-state index contributed by atoms with van der Waals surface area (Å²) in [6.07, 6.45) is 0. The quantitative estimate of drug-likeness (QED) is 0.737. The van der Waals surface area contributed by atoms with E-state index < -0.39 is 0 Å². The third kappa shape index (κ3) is 2.36. The molecule has 0 aliphatic rings. The van der Waals surface area contributed by atoms with E-state index in [0.717, 1.165) is 11.4 Å². The van der Waals surface area contributed by atoms with E-state index in [0.29, 0.717) is 17.3 Å². The second-order valence-electron chi connectivity index (χ2n) is 4.51. The number of rotatable bonds is 3. The van der Waals surface area contributed by atoms with Crippen molar-refractivity contribution in [3.8, 4) is 17.3 Å². The molecule has 4 heteroatoms. The molecule has 2 N–H and O–H groups in total. The highest BCUT2D eigenvalue weighted by Crippen LogP contribution is 2.29. The topological polar surface area (TPSA) is 53.1 Å². The highest BCUT2D eigenvalue weighted by Gasteiger charge is 2.10. The van der Waals surface area contributed by atoms with E-state index in [1.54, 1.807) is 4.68 Å². The van der Waals surface area contributed by atoms with Gasteiger partial charge in [0.2, 0.25) is 5.88 Å². The van der Waals surface area contributed by atoms with E-state index in [-0.39, 0.29) is 0 Å². The molecule has 1 aromatic heterocycles. The van der Waals surface area contributed by atoms with Crippen LogP contribution in [-0.2, 0) is 0 Å². The fourth-order valence-corrected chi connectivity index (χ4v) is 1.99. The summed E-state index contributed by atoms with van der Waals surface area (Å²) in [5, 5.41) is 4.46. The second kappa shape index (κ2) is 5.09. The lowest BCUT2D eigenvalue weighted by Gasteiger charge is -2.10. The average Bonchev–Trinajstić information content (AvgIpc) is 2.83. The zero-order chi connectivity index (χ0) is 13.9. The first-order chi connectivity index (χ1) is 9.74. The Morgan fingerprint density at radius 3 is 2.45 bits per heavy atom. The predicted molar refractivity (Wildman–Crippen MR) is 79.2 cm³/mol. The number of anilines is 1. The first-order valence-corrected chi connectivity index (χ1v) is 6.38. The van der Waals surface area contributed by atoms with Crippen molar-refractivity contribution in [3.05, 3.63) is 66.4 Å². The largest absolute Gasteiger partial charge is 0.437 e. The highest BCUT2D eigenvalue weighted by molar-refractivity contribution is 5.53. The van der Waals surface area contributed by atoms with Gasteiger partial charge in [0.25, 0.3) is 0 Å². The number of ether oxygens (including phenoxy) is 1. The lowest BCUT2D eigenvalue weighted by molar-refractivity contribution is 0.446. The molecule has 100 valence electrons. The Kier molecular flexibility index (Phi) is 3.13. The molecular formula is C16H15N3O. The van der Waals surface area contributed by atoms with Crippen molar-refractivity contribution in [3.63, 3.8) is 0 Å². The van der Waals surface area contributed by atoms with Gasteiger partial charge < -0.3 is 10.5 Å². The first-order valence-electron chi connectivity index (χ1n) is 6.38. The normalized spacial score (nSPS) is 10.4. The van der Waals surface area contributed by atoms with E-state index in [2.05, 4.69) is 5.10 Å². The van der Waals surface area contributed by atoms with Crippen molar-refractivity contribution >= 4 is 5.69 Å². The molecule has 1 heterocycles. The molecule has 4 nitrogen and oxygen atoms in total. The van der Waals surface area contributed by atoms with Crippen molar-refractivity contribution < 1.29 is 4.74 Å². The van der Waals surface area contributed by atoms with Gasteiger partial charge in [-0.15, -0.1) is 0 Å². The van der Waals surface area contributed by atoms with E-state index in [1.165, 1.54) is 0 Å². The maximum Gasteiger partial charge on any atom is 0.222 e. The third-order valence-corrected chi connectivity index (χ3v) is 2.93. The van der Waals surface area contributed by atoms with Gasteiger partial charge in [0, 0.05) is 6.07 Å². The minimum Gasteiger partial charge on any atom is -0.437 e. The minimum atomic E-state index is 0.603. The summed E-state index contributed by atoms with van der Waals surface area (Å²) < 4.78 is 7.66. The summed E-state index contributed by atoms with van der Waals surface area (Å²) >= 11 is 0. The molecule has 3 aromatic rings. The summed E-state index contributed by atoms with van der Waals surface area (Å²) in [5.41, 5.74) is 8.35. The van der Waals surface area contributed by atoms with Crippen molar-refractivity contribution in [2.24, 2.45) is 0 Å². The minimum absolute atomic E-state index is 0.603. The molecule has 0 unspecified atom stereocenters. The molecule has 0 atom stereocenters. The monoisotopic (exact) mass is 265 g/mol. The summed E-state index contributed by atoms with van der Waals surface area (Å²) in [5.74, 6) is 1.27. The van der Waals surface area contributed by atoms with Crippen LogP contribution in [0.2, 0.25) is 0 Å². The molecule has 2 aromatic carbocycles. The number of nitrogens with two attached hydrogens (primary N) is 1. The van der Waals surface area contributed by atoms with Crippen LogP contribution in [0.5, 0.6) is 11.6 Å². The van der Waals surface area contributed by atoms with Crippen LogP contribution in [0.3, 0.4) is 0 Å². The smallest absolute Gasteiger partial charge is 0.222 e. The first kappa shape index (κ1) is 12.3. The molecule has 0 aliphatic carbocycles. The fourth-order valence-electron chi connectivity index (χ4n) is 1.99. The third-order valence-electron chi connectivity index (χ3n) is 2.93. The molecule has 0 radical (unpaired) electrons. The maximum atomic E-state index is 5.91. The molecule has 0 fully saturated rings. The number of para-hydroxylation sites is 3. The van der Waals surface area contributed by atoms with E-state index in [9.17, 15) is 0 Å². The van der Waals surface area contributed by atoms with E-state index >= 15 is 0 Å². The number of benzene rings is 2. The summed E-state index contributed by atoms with van der Waals surface area (Å²) in [4.78, 5) is 0. The van der Waals surface area contributed by atoms with Crippen molar-refractivity contribution in [2.75, 3.05) is 5.73 Å². The van der Waals surface area contributed by atoms with Crippen LogP contribution in [0.1, 0.15) is 5.69 Å². The second-order valence-corrected chi connectivity index (χ2v) is 4.51. The summed E-state index contributed by atoms with van der Waals surface area (Å²) in [7, 11) is 0. The van der Waals surface area contributed by atoms with Crippen LogP contribution in [0.4, 0.5) is 5.69 Å². The number of hydrogen-bond donors (Lipinski definition) is 1. The van der Waals surface area contributed by atoms with Gasteiger partial charge in [-0.2, -0.15) is 5.10 Å². The van der Waals surface area contributed by atoms with Gasteiger partial charge >= 0.3 is 0 Å². The van der Waals surface area contributed by atoms with E-state index in [1.807, 2.05) is 67.6 Å². The number of aromatic nitrogens is 2. The molecule has 0 aliphatic heterocycles. The van der Waals surface area contributed by atoms with Crippen LogP contribution >= 0.6 is 0 Å². The van der Waals surface area contributed by atoms with Crippen LogP contribution in [0.25, 0.3) is 5.69 Å². The molecular weight excluding hydrogens is 250 g/mol. The molecule has 0 bridgehead atoms. The van der Waals surface area contributed by atoms with Crippen molar-refractivity contribution in [2.45, 2.75) is 6.92 Å². The Balaban J connectivity index is 2.01. The fraction of sp³-hybridized carbons (Fsp3) is 0.0625. The average molecular weight is 265 g/mol. The molecule has 0 saturated heterocycles. The zero-order valence-electron chi connectivity index (χ0n) is 11.2. The Morgan fingerprint density at radius 1 is 1.00 bits per heavy atom. The van der Waals surface area contributed by atoms with Crippen LogP contribution < -0.4 is 10.5 Å². The van der Waals surface area contributed by atoms with Gasteiger partial charge in [-0.1, -0.05) is 30.3 Å². The van der Waals surface area contributed by atoms with Crippen molar-refractivity contribution in [1.29, 1.82) is 0 Å². The van der Waals surface area contributed by atoms with Crippen LogP contribution in [0, 0.1) is 6.92 Å². The summed E-state index contributed by atoms with van der Waals surface area (Å²) in [6.45, 7) is 1.93. The maximum absolute atomic E-state index is 5.91. The highest BCUT2D eigenvalue weighted by atomic mass is 16.5. The number of nitrogens with zero attached hydrogens (tertiary/aromatic N) is 2. The SMILES string of the molecule is Cc1cc(Oc2ccccc2N)n(-c2ccccc2)n1. The molecule has 0 amide bonds. The Labute approximate surface area is 117 Å². The van der Waals surface area contributed by atoms with Gasteiger partial charge in [0.05, 0.1) is 17.1 Å². The molecule has 20 heavy (non-hydrogen) atoms. The summed E-state index contributed by atoms with van der Waals surface area (Å²) in [6, 6.07) is 19.2. The molecule has 0 saturated carbocycles. The van der Waals surface area contributed by atoms with E-state index in [4.69, 9.17) is 10.5 Å². The van der Waals surface area contributed by atoms with Crippen LogP contribution in [0.15, 0.2) is 60.7 Å². The van der Waals surface area contributed by atoms with Gasteiger partial charge in [-0.05, 0) is 31.2 Å². The number of aryl methyl sites for hydroxylation is 1. The van der Waals surface area contributed by atoms with Crippen LogP contribution in [-0.4, -0.2) is 9.78 Å². The Morgan fingerprint density at radius 2 is 1.70 bits per heavy atom. The van der Waals surface area contributed by atoms with Gasteiger partial charge in [0.15, 0.2) is 5.75 Å². The predicted octanol–water partition coefficient (Wildman–Crippen LogP) is 3.56. The van der Waals surface area contributed by atoms with Gasteiger partial charge in [-0.3, -0.25) is 0 Å². The Bertz CT molecular complexity index is 720. The zero-order valence-corrected chi connectivity index (χ0v) is 11.2. The molecule has 3 rings (SSSR count). The number of hydrogen-bond acceptors (Lipinski definition) is 3.